The van der Waals surface area contributed by atoms with Crippen molar-refractivity contribution < 1.29 is 9.59 Å². The van der Waals surface area contributed by atoms with Gasteiger partial charge in [0.15, 0.2) is 0 Å². The van der Waals surface area contributed by atoms with Gasteiger partial charge < -0.3 is 10.2 Å². The van der Waals surface area contributed by atoms with Crippen LogP contribution >= 0.6 is 35.0 Å². The molecule has 38 heavy (non-hydrogen) atoms. The first-order valence-corrected chi connectivity index (χ1v) is 15.1. The van der Waals surface area contributed by atoms with Crippen LogP contribution in [0, 0.1) is 0 Å². The largest absolute Gasteiger partial charge is 0.352 e. The van der Waals surface area contributed by atoms with Crippen LogP contribution in [-0.4, -0.2) is 34.6 Å². The van der Waals surface area contributed by atoms with Gasteiger partial charge >= 0.3 is 0 Å². The number of amides is 2. The van der Waals surface area contributed by atoms with E-state index in [9.17, 15) is 9.59 Å². The Morgan fingerprint density at radius 3 is 2.26 bits per heavy atom. The summed E-state index contributed by atoms with van der Waals surface area (Å²) in [6.07, 6.45) is 5.87. The van der Waals surface area contributed by atoms with E-state index in [0.29, 0.717) is 22.2 Å². The van der Waals surface area contributed by atoms with Gasteiger partial charge in [0.05, 0.1) is 5.75 Å². The maximum Gasteiger partial charge on any atom is 0.243 e. The molecule has 1 atom stereocenters. The Kier molecular flexibility index (Phi) is 11.0. The molecule has 1 fully saturated rings. The van der Waals surface area contributed by atoms with Crippen LogP contribution in [0.15, 0.2) is 78.9 Å². The molecule has 0 radical (unpaired) electrons. The fraction of sp³-hybridized carbons (Fsp3) is 0.355. The quantitative estimate of drug-likeness (QED) is 0.263. The fourth-order valence-corrected chi connectivity index (χ4v) is 6.02. The molecule has 0 spiro atoms. The summed E-state index contributed by atoms with van der Waals surface area (Å²) in [5, 5.41) is 4.55. The van der Waals surface area contributed by atoms with Crippen LogP contribution in [0.1, 0.15) is 48.8 Å². The van der Waals surface area contributed by atoms with Crippen LogP contribution in [0.3, 0.4) is 0 Å². The Balaban J connectivity index is 1.56. The van der Waals surface area contributed by atoms with Gasteiger partial charge in [-0.1, -0.05) is 103 Å². The number of thioether (sulfide) groups is 1. The van der Waals surface area contributed by atoms with Crippen molar-refractivity contribution in [3.8, 4) is 0 Å². The number of nitrogens with zero attached hydrogens (tertiary/aromatic N) is 1. The molecule has 200 valence electrons. The molecule has 1 aliphatic carbocycles. The second kappa shape index (κ2) is 14.6. The first-order chi connectivity index (χ1) is 18.5. The lowest BCUT2D eigenvalue weighted by Crippen LogP contribution is -2.53. The third kappa shape index (κ3) is 8.52. The minimum atomic E-state index is -0.640. The van der Waals surface area contributed by atoms with Crippen molar-refractivity contribution in [2.24, 2.45) is 0 Å². The average Bonchev–Trinajstić information content (AvgIpc) is 2.93. The Bertz CT molecular complexity index is 1180. The minimum absolute atomic E-state index is 0.0800. The molecular weight excluding hydrogens is 535 g/mol. The third-order valence-electron chi connectivity index (χ3n) is 6.93. The monoisotopic (exact) mass is 568 g/mol. The SMILES string of the molecule is O=C(NC1CCCCC1)[C@@H](Cc1ccccc1)N(Cc1ccccc1Cl)C(=O)CSCc1ccc(Cl)cc1. The fourth-order valence-electron chi connectivity index (χ4n) is 4.83. The first-order valence-electron chi connectivity index (χ1n) is 13.2. The van der Waals surface area contributed by atoms with Crippen molar-refractivity contribution in [2.75, 3.05) is 5.75 Å². The lowest BCUT2D eigenvalue weighted by Gasteiger charge is -2.33. The summed E-state index contributed by atoms with van der Waals surface area (Å²) >= 11 is 14.1. The number of nitrogens with one attached hydrogen (secondary N) is 1. The van der Waals surface area contributed by atoms with Gasteiger partial charge in [0.25, 0.3) is 0 Å². The maximum absolute atomic E-state index is 13.8. The second-order valence-electron chi connectivity index (χ2n) is 9.78. The molecule has 7 heteroatoms. The van der Waals surface area contributed by atoms with E-state index in [0.717, 1.165) is 42.4 Å². The maximum atomic E-state index is 13.8. The highest BCUT2D eigenvalue weighted by Crippen LogP contribution is 2.24. The molecule has 4 rings (SSSR count). The summed E-state index contributed by atoms with van der Waals surface area (Å²) < 4.78 is 0. The van der Waals surface area contributed by atoms with Gasteiger partial charge in [-0.25, -0.2) is 0 Å². The predicted molar refractivity (Wildman–Crippen MR) is 159 cm³/mol. The standard InChI is InChI=1S/C31H34Cl2N2O2S/c32-26-17-15-24(16-18-26)21-38-22-30(36)35(20-25-11-7-8-14-28(25)33)29(19-23-9-3-1-4-10-23)31(37)34-27-12-5-2-6-13-27/h1,3-4,7-11,14-18,27,29H,2,5-6,12-13,19-22H2,(H,34,37)/t29-/m1/s1. The second-order valence-corrected chi connectivity index (χ2v) is 11.6. The zero-order chi connectivity index (χ0) is 26.7. The highest BCUT2D eigenvalue weighted by Gasteiger charge is 2.32. The van der Waals surface area contributed by atoms with E-state index < -0.39 is 6.04 Å². The summed E-state index contributed by atoms with van der Waals surface area (Å²) in [6, 6.07) is 24.6. The number of hydrogen-bond donors (Lipinski definition) is 1. The van der Waals surface area contributed by atoms with Gasteiger partial charge in [-0.15, -0.1) is 11.8 Å². The molecule has 3 aromatic carbocycles. The van der Waals surface area contributed by atoms with Crippen molar-refractivity contribution in [3.63, 3.8) is 0 Å². The number of carbonyl (C=O) groups excluding carboxylic acids is 2. The number of hydrogen-bond acceptors (Lipinski definition) is 3. The summed E-state index contributed by atoms with van der Waals surface area (Å²) in [4.78, 5) is 29.3. The zero-order valence-corrected chi connectivity index (χ0v) is 23.8. The molecule has 0 aromatic heterocycles. The zero-order valence-electron chi connectivity index (χ0n) is 21.5. The predicted octanol–water partition coefficient (Wildman–Crippen LogP) is 7.32. The highest BCUT2D eigenvalue weighted by atomic mass is 35.5. The van der Waals surface area contributed by atoms with Gasteiger partial charge in [-0.3, -0.25) is 9.59 Å². The Labute approximate surface area is 240 Å². The lowest BCUT2D eigenvalue weighted by atomic mass is 9.94. The molecular formula is C31H34Cl2N2O2S. The van der Waals surface area contributed by atoms with Crippen LogP contribution in [0.5, 0.6) is 0 Å². The Morgan fingerprint density at radius 2 is 1.55 bits per heavy atom. The molecule has 1 N–H and O–H groups in total. The summed E-state index contributed by atoms with van der Waals surface area (Å²) in [5.74, 6) is 0.766. The van der Waals surface area contributed by atoms with Crippen molar-refractivity contribution >= 4 is 46.8 Å². The lowest BCUT2D eigenvalue weighted by molar-refractivity contribution is -0.139. The molecule has 0 bridgehead atoms. The van der Waals surface area contributed by atoms with Gasteiger partial charge in [-0.2, -0.15) is 0 Å². The number of benzene rings is 3. The van der Waals surface area contributed by atoms with Crippen LogP contribution in [0.4, 0.5) is 0 Å². The van der Waals surface area contributed by atoms with E-state index >= 15 is 0 Å². The summed E-state index contributed by atoms with van der Waals surface area (Å²) in [6.45, 7) is 0.273. The molecule has 3 aromatic rings. The average molecular weight is 570 g/mol. The van der Waals surface area contributed by atoms with E-state index in [1.54, 1.807) is 4.90 Å². The van der Waals surface area contributed by atoms with Crippen LogP contribution in [0.25, 0.3) is 0 Å². The van der Waals surface area contributed by atoms with Gasteiger partial charge in [0, 0.05) is 34.8 Å². The molecule has 0 unspecified atom stereocenters. The van der Waals surface area contributed by atoms with E-state index in [1.165, 1.54) is 18.2 Å². The smallest absolute Gasteiger partial charge is 0.243 e. The Morgan fingerprint density at radius 1 is 0.868 bits per heavy atom. The normalized spacial score (nSPS) is 14.6. The third-order valence-corrected chi connectivity index (χ3v) is 8.54. The van der Waals surface area contributed by atoms with Crippen molar-refractivity contribution in [3.05, 3.63) is 106 Å². The van der Waals surface area contributed by atoms with E-state index in [2.05, 4.69) is 5.32 Å². The van der Waals surface area contributed by atoms with Crippen LogP contribution < -0.4 is 5.32 Å². The molecule has 2 amide bonds. The summed E-state index contributed by atoms with van der Waals surface area (Å²) in [5.41, 5.74) is 2.94. The van der Waals surface area contributed by atoms with Crippen molar-refractivity contribution in [1.82, 2.24) is 10.2 Å². The first kappa shape index (κ1) is 28.5. The number of carbonyl (C=O) groups is 2. The van der Waals surface area contributed by atoms with Crippen LogP contribution in [-0.2, 0) is 28.3 Å². The molecule has 0 heterocycles. The molecule has 1 aliphatic rings. The molecule has 1 saturated carbocycles. The number of halogens is 2. The van der Waals surface area contributed by atoms with E-state index in [4.69, 9.17) is 23.2 Å². The van der Waals surface area contributed by atoms with E-state index in [-0.39, 0.29) is 30.2 Å². The van der Waals surface area contributed by atoms with Crippen molar-refractivity contribution in [2.45, 2.75) is 62.9 Å². The minimum Gasteiger partial charge on any atom is -0.352 e. The molecule has 0 aliphatic heterocycles. The van der Waals surface area contributed by atoms with E-state index in [1.807, 2.05) is 78.9 Å². The van der Waals surface area contributed by atoms with Gasteiger partial charge in [0.2, 0.25) is 11.8 Å². The topological polar surface area (TPSA) is 49.4 Å². The van der Waals surface area contributed by atoms with Gasteiger partial charge in [-0.05, 0) is 47.7 Å². The Hall–Kier alpha value is -2.47. The van der Waals surface area contributed by atoms with Gasteiger partial charge in [0.1, 0.15) is 6.04 Å². The van der Waals surface area contributed by atoms with Crippen LogP contribution in [0.2, 0.25) is 10.0 Å². The number of rotatable bonds is 11. The summed E-state index contributed by atoms with van der Waals surface area (Å²) in [7, 11) is 0. The molecule has 0 saturated heterocycles. The molecule has 4 nitrogen and oxygen atoms in total. The van der Waals surface area contributed by atoms with Crippen molar-refractivity contribution in [1.29, 1.82) is 0 Å². The highest BCUT2D eigenvalue weighted by molar-refractivity contribution is 7.99.